The van der Waals surface area contributed by atoms with Crippen molar-refractivity contribution in [1.29, 1.82) is 0 Å². The lowest BCUT2D eigenvalue weighted by Crippen LogP contribution is -2.48. The first-order valence-electron chi connectivity index (χ1n) is 9.76. The fraction of sp³-hybridized carbons (Fsp3) is 0.238. The molecule has 0 saturated heterocycles. The highest BCUT2D eigenvalue weighted by Crippen LogP contribution is 2.20. The van der Waals surface area contributed by atoms with Gasteiger partial charge in [-0.1, -0.05) is 11.6 Å². The Morgan fingerprint density at radius 2 is 1.78 bits per heavy atom. The molecule has 1 aromatic heterocycles. The number of ether oxygens (including phenoxy) is 2. The molecule has 9 nitrogen and oxygen atoms in total. The monoisotopic (exact) mass is 475 g/mol. The molecule has 3 aromatic rings. The molecule has 0 saturated carbocycles. The quantitative estimate of drug-likeness (QED) is 0.340. The topological polar surface area (TPSA) is 110 Å². The first-order chi connectivity index (χ1) is 15.4. The Balaban J connectivity index is 1.54. The van der Waals surface area contributed by atoms with Gasteiger partial charge in [-0.15, -0.1) is 0 Å². The van der Waals surface area contributed by atoms with Crippen LogP contribution < -0.4 is 20.3 Å². The second-order valence-corrected chi connectivity index (χ2v) is 7.47. The SMILES string of the molecule is CCOc1ccc(OC(C)C(=O)NNC(=O)Cn2c(-c3ccc(Cl)cc3)n[nH]c2=S)cc1. The molecule has 0 radical (unpaired) electrons. The number of H-pyrrole nitrogens is 1. The first kappa shape index (κ1) is 23.3. The summed E-state index contributed by atoms with van der Waals surface area (Å²) in [5, 5.41) is 7.41. The summed E-state index contributed by atoms with van der Waals surface area (Å²) in [7, 11) is 0. The van der Waals surface area contributed by atoms with Crippen LogP contribution in [0.5, 0.6) is 11.5 Å². The number of rotatable bonds is 8. The van der Waals surface area contributed by atoms with Crippen LogP contribution in [0.4, 0.5) is 0 Å². The minimum atomic E-state index is -0.839. The summed E-state index contributed by atoms with van der Waals surface area (Å²) >= 11 is 11.1. The number of carbonyl (C=O) groups is 2. The lowest BCUT2D eigenvalue weighted by molar-refractivity contribution is -0.132. The Morgan fingerprint density at radius 1 is 1.12 bits per heavy atom. The van der Waals surface area contributed by atoms with E-state index >= 15 is 0 Å². The molecule has 0 fully saturated rings. The molecule has 0 aliphatic heterocycles. The van der Waals surface area contributed by atoms with Gasteiger partial charge in [0.05, 0.1) is 6.61 Å². The molecule has 168 valence electrons. The lowest BCUT2D eigenvalue weighted by Gasteiger charge is -2.15. The van der Waals surface area contributed by atoms with E-state index in [0.29, 0.717) is 29.0 Å². The highest BCUT2D eigenvalue weighted by Gasteiger charge is 2.17. The lowest BCUT2D eigenvalue weighted by atomic mass is 10.2. The Hall–Kier alpha value is -3.37. The Morgan fingerprint density at radius 3 is 2.44 bits per heavy atom. The normalized spacial score (nSPS) is 11.5. The van der Waals surface area contributed by atoms with Gasteiger partial charge in [-0.05, 0) is 74.6 Å². The van der Waals surface area contributed by atoms with Crippen LogP contribution in [0.15, 0.2) is 48.5 Å². The molecule has 2 aromatic carbocycles. The zero-order valence-corrected chi connectivity index (χ0v) is 19.0. The van der Waals surface area contributed by atoms with Crippen LogP contribution in [0.1, 0.15) is 13.8 Å². The molecule has 0 bridgehead atoms. The van der Waals surface area contributed by atoms with Gasteiger partial charge in [0.1, 0.15) is 18.0 Å². The van der Waals surface area contributed by atoms with E-state index in [9.17, 15) is 9.59 Å². The van der Waals surface area contributed by atoms with Gasteiger partial charge >= 0.3 is 0 Å². The molecule has 32 heavy (non-hydrogen) atoms. The maximum atomic E-state index is 12.4. The van der Waals surface area contributed by atoms with E-state index in [1.165, 1.54) is 4.57 Å². The summed E-state index contributed by atoms with van der Waals surface area (Å²) < 4.78 is 12.7. The predicted molar refractivity (Wildman–Crippen MR) is 122 cm³/mol. The van der Waals surface area contributed by atoms with Crippen molar-refractivity contribution in [3.63, 3.8) is 0 Å². The van der Waals surface area contributed by atoms with Crippen LogP contribution in [-0.4, -0.2) is 39.3 Å². The number of halogens is 1. The molecule has 0 aliphatic rings. The van der Waals surface area contributed by atoms with E-state index in [1.54, 1.807) is 55.5 Å². The average Bonchev–Trinajstić information content (AvgIpc) is 3.14. The van der Waals surface area contributed by atoms with Crippen molar-refractivity contribution in [3.05, 3.63) is 58.3 Å². The number of aromatic nitrogens is 3. The maximum Gasteiger partial charge on any atom is 0.279 e. The fourth-order valence-corrected chi connectivity index (χ4v) is 3.06. The number of amides is 2. The number of hydrogen-bond acceptors (Lipinski definition) is 6. The summed E-state index contributed by atoms with van der Waals surface area (Å²) in [6.07, 6.45) is -0.839. The van der Waals surface area contributed by atoms with Gasteiger partial charge < -0.3 is 9.47 Å². The van der Waals surface area contributed by atoms with Crippen LogP contribution in [0.2, 0.25) is 5.02 Å². The second-order valence-electron chi connectivity index (χ2n) is 6.65. The van der Waals surface area contributed by atoms with Gasteiger partial charge in [-0.3, -0.25) is 30.1 Å². The number of hydrazine groups is 1. The maximum absolute atomic E-state index is 12.4. The molecule has 1 unspecified atom stereocenters. The first-order valence-corrected chi connectivity index (χ1v) is 10.6. The van der Waals surface area contributed by atoms with Crippen molar-refractivity contribution < 1.29 is 19.1 Å². The van der Waals surface area contributed by atoms with Gasteiger partial charge in [0.15, 0.2) is 16.7 Å². The molecule has 3 N–H and O–H groups in total. The summed E-state index contributed by atoms with van der Waals surface area (Å²) in [6, 6.07) is 13.9. The third-order valence-electron chi connectivity index (χ3n) is 4.30. The number of carbonyl (C=O) groups excluding carboxylic acids is 2. The van der Waals surface area contributed by atoms with E-state index < -0.39 is 17.9 Å². The van der Waals surface area contributed by atoms with Crippen molar-refractivity contribution in [1.82, 2.24) is 25.6 Å². The Kier molecular flexibility index (Phi) is 7.85. The standard InChI is InChI=1S/C21H22ClN5O4S/c1-3-30-16-8-10-17(11-9-16)31-13(2)20(29)25-23-18(28)12-27-19(24-26-21(27)32)14-4-6-15(22)7-5-14/h4-11,13H,3,12H2,1-2H3,(H,23,28)(H,25,29)(H,26,32). The largest absolute Gasteiger partial charge is 0.494 e. The van der Waals surface area contributed by atoms with Gasteiger partial charge in [-0.25, -0.2) is 0 Å². The van der Waals surface area contributed by atoms with E-state index in [4.69, 9.17) is 33.3 Å². The zero-order valence-electron chi connectivity index (χ0n) is 17.4. The highest BCUT2D eigenvalue weighted by atomic mass is 35.5. The zero-order chi connectivity index (χ0) is 23.1. The molecule has 3 rings (SSSR count). The van der Waals surface area contributed by atoms with Gasteiger partial charge in [-0.2, -0.15) is 5.10 Å². The molecule has 0 spiro atoms. The van der Waals surface area contributed by atoms with Crippen LogP contribution in [0, 0.1) is 4.77 Å². The molecular weight excluding hydrogens is 454 g/mol. The molecule has 1 atom stereocenters. The minimum Gasteiger partial charge on any atom is -0.494 e. The summed E-state index contributed by atoms with van der Waals surface area (Å²) in [5.41, 5.74) is 5.44. The fourth-order valence-electron chi connectivity index (χ4n) is 2.74. The Labute approximate surface area is 194 Å². The van der Waals surface area contributed by atoms with Crippen LogP contribution in [0.25, 0.3) is 11.4 Å². The number of hydrogen-bond donors (Lipinski definition) is 3. The number of aromatic amines is 1. The number of nitrogens with one attached hydrogen (secondary N) is 3. The van der Waals surface area contributed by atoms with E-state index in [1.807, 2.05) is 6.92 Å². The molecule has 11 heteroatoms. The summed E-state index contributed by atoms with van der Waals surface area (Å²) in [4.78, 5) is 24.7. The minimum absolute atomic E-state index is 0.151. The summed E-state index contributed by atoms with van der Waals surface area (Å²) in [5.74, 6) is 0.681. The van der Waals surface area contributed by atoms with Crippen molar-refractivity contribution in [2.45, 2.75) is 26.5 Å². The third kappa shape index (κ3) is 6.08. The van der Waals surface area contributed by atoms with E-state index in [-0.39, 0.29) is 11.3 Å². The molecule has 2 amide bonds. The molecule has 1 heterocycles. The van der Waals surface area contributed by atoms with Crippen molar-refractivity contribution >= 4 is 35.6 Å². The molecular formula is C21H22ClN5O4S. The van der Waals surface area contributed by atoms with E-state index in [0.717, 1.165) is 5.56 Å². The highest BCUT2D eigenvalue weighted by molar-refractivity contribution is 7.71. The van der Waals surface area contributed by atoms with Crippen molar-refractivity contribution in [2.75, 3.05) is 6.61 Å². The van der Waals surface area contributed by atoms with Crippen LogP contribution in [-0.2, 0) is 16.1 Å². The third-order valence-corrected chi connectivity index (χ3v) is 4.87. The van der Waals surface area contributed by atoms with Gasteiger partial charge in [0, 0.05) is 10.6 Å². The van der Waals surface area contributed by atoms with Crippen molar-refractivity contribution in [2.24, 2.45) is 0 Å². The second kappa shape index (κ2) is 10.8. The average molecular weight is 476 g/mol. The number of benzene rings is 2. The van der Waals surface area contributed by atoms with Crippen LogP contribution in [0.3, 0.4) is 0 Å². The smallest absolute Gasteiger partial charge is 0.279 e. The van der Waals surface area contributed by atoms with Crippen molar-refractivity contribution in [3.8, 4) is 22.9 Å². The molecule has 0 aliphatic carbocycles. The number of nitrogens with zero attached hydrogens (tertiary/aromatic N) is 2. The van der Waals surface area contributed by atoms with Gasteiger partial charge in [0.25, 0.3) is 11.8 Å². The Bertz CT molecular complexity index is 1130. The van der Waals surface area contributed by atoms with E-state index in [2.05, 4.69) is 21.0 Å². The van der Waals surface area contributed by atoms with Crippen LogP contribution >= 0.6 is 23.8 Å². The van der Waals surface area contributed by atoms with Gasteiger partial charge in [0.2, 0.25) is 0 Å². The predicted octanol–water partition coefficient (Wildman–Crippen LogP) is 3.27. The summed E-state index contributed by atoms with van der Waals surface area (Å²) in [6.45, 7) is 3.87.